The predicted molar refractivity (Wildman–Crippen MR) is 188 cm³/mol. The molecule has 0 aromatic heterocycles. The first-order valence-corrected chi connectivity index (χ1v) is 19.6. The van der Waals surface area contributed by atoms with Gasteiger partial charge in [-0.2, -0.15) is 0 Å². The Balaban J connectivity index is 1.21. The van der Waals surface area contributed by atoms with Gasteiger partial charge in [-0.05, 0) is 123 Å². The lowest BCUT2D eigenvalue weighted by molar-refractivity contribution is -0.151. The van der Waals surface area contributed by atoms with Crippen molar-refractivity contribution in [3.8, 4) is 0 Å². The highest BCUT2D eigenvalue weighted by atomic mass is 16.5. The van der Waals surface area contributed by atoms with E-state index in [-0.39, 0.29) is 12.1 Å². The molecule has 0 saturated heterocycles. The number of esters is 1. The van der Waals surface area contributed by atoms with Crippen molar-refractivity contribution in [3.05, 3.63) is 23.8 Å². The van der Waals surface area contributed by atoms with E-state index < -0.39 is 0 Å². The number of carbonyl (C=O) groups is 1. The summed E-state index contributed by atoms with van der Waals surface area (Å²) in [5.74, 6) is 6.08. The third-order valence-electron chi connectivity index (χ3n) is 14.0. The molecule has 0 amide bonds. The van der Waals surface area contributed by atoms with Crippen LogP contribution in [0.1, 0.15) is 177 Å². The maximum absolute atomic E-state index is 12.8. The number of fused-ring (bicyclic) bond motifs is 5. The van der Waals surface area contributed by atoms with E-state index >= 15 is 0 Å². The number of hydrogen-bond donors (Lipinski definition) is 0. The molecular formula is C42H72O2. The number of rotatable bonds is 17. The molecule has 3 saturated carbocycles. The van der Waals surface area contributed by atoms with Crippen molar-refractivity contribution in [1.29, 1.82) is 0 Å². The van der Waals surface area contributed by atoms with E-state index in [0.717, 1.165) is 67.1 Å². The molecule has 252 valence electrons. The van der Waals surface area contributed by atoms with Crippen LogP contribution in [0.3, 0.4) is 0 Å². The molecule has 4 rings (SSSR count). The standard InChI is InChI=1S/C42H72O2/c1-8-9-10-11-12-13-14-15-16-17-18-19-40(43)44-35-26-28-41(6)34(30-35)22-23-36-38-25-24-37(42(38,7)29-27-39(36)41)33(5)21-20-32(4)31(2)3/h11-12,22,31-33,35-39H,8-10,13-21,23-30H2,1-7H3/b12-11-. The SMILES string of the molecule is CCCC/C=C\CCCCCCCC(=O)OC1CCC2(C)C(=CCC3C2CCC2(C)C(C(C)CCC(C)C(C)C)CCC32)C1. The summed E-state index contributed by atoms with van der Waals surface area (Å²) in [6.45, 7) is 17.4. The van der Waals surface area contributed by atoms with Crippen molar-refractivity contribution in [3.63, 3.8) is 0 Å². The van der Waals surface area contributed by atoms with Gasteiger partial charge < -0.3 is 4.74 Å². The molecule has 9 unspecified atom stereocenters. The summed E-state index contributed by atoms with van der Waals surface area (Å²) in [6.07, 6.45) is 32.2. The summed E-state index contributed by atoms with van der Waals surface area (Å²) in [4.78, 5) is 12.8. The average molecular weight is 609 g/mol. The van der Waals surface area contributed by atoms with Crippen LogP contribution >= 0.6 is 0 Å². The molecule has 0 aromatic carbocycles. The van der Waals surface area contributed by atoms with Crippen LogP contribution < -0.4 is 0 Å². The molecule has 9 atom stereocenters. The molecule has 0 heterocycles. The fourth-order valence-corrected chi connectivity index (χ4v) is 10.6. The van der Waals surface area contributed by atoms with E-state index in [4.69, 9.17) is 4.74 Å². The molecule has 0 radical (unpaired) electrons. The largest absolute Gasteiger partial charge is 0.462 e. The molecule has 0 aromatic rings. The smallest absolute Gasteiger partial charge is 0.306 e. The molecular weight excluding hydrogens is 536 g/mol. The zero-order chi connectivity index (χ0) is 31.7. The lowest BCUT2D eigenvalue weighted by Gasteiger charge is -2.58. The van der Waals surface area contributed by atoms with Crippen molar-refractivity contribution < 1.29 is 9.53 Å². The topological polar surface area (TPSA) is 26.3 Å². The van der Waals surface area contributed by atoms with E-state index in [2.05, 4.69) is 66.7 Å². The third-order valence-corrected chi connectivity index (χ3v) is 14.0. The minimum absolute atomic E-state index is 0.0501. The second kappa shape index (κ2) is 16.7. The number of unbranched alkanes of at least 4 members (excludes halogenated alkanes) is 7. The zero-order valence-electron chi connectivity index (χ0n) is 30.3. The molecule has 0 N–H and O–H groups in total. The van der Waals surface area contributed by atoms with Crippen LogP contribution in [0.2, 0.25) is 0 Å². The summed E-state index contributed by atoms with van der Waals surface area (Å²) in [5.41, 5.74) is 2.51. The van der Waals surface area contributed by atoms with E-state index in [0.29, 0.717) is 17.3 Å². The molecule has 0 bridgehead atoms. The van der Waals surface area contributed by atoms with Crippen LogP contribution in [0.4, 0.5) is 0 Å². The van der Waals surface area contributed by atoms with Gasteiger partial charge in [0.25, 0.3) is 0 Å². The summed E-state index contributed by atoms with van der Waals surface area (Å²) < 4.78 is 6.10. The molecule has 0 spiro atoms. The van der Waals surface area contributed by atoms with Crippen molar-refractivity contribution in [2.45, 2.75) is 183 Å². The second-order valence-electron chi connectivity index (χ2n) is 17.0. The van der Waals surface area contributed by atoms with Crippen LogP contribution in [0.25, 0.3) is 0 Å². The maximum atomic E-state index is 12.8. The van der Waals surface area contributed by atoms with Crippen LogP contribution in [0.15, 0.2) is 23.8 Å². The fraction of sp³-hybridized carbons (Fsp3) is 0.881. The number of carbonyl (C=O) groups excluding carboxylic acids is 1. The molecule has 44 heavy (non-hydrogen) atoms. The Bertz CT molecular complexity index is 945. The van der Waals surface area contributed by atoms with E-state index in [1.165, 1.54) is 96.3 Å². The Hall–Kier alpha value is -1.05. The van der Waals surface area contributed by atoms with Crippen molar-refractivity contribution in [2.75, 3.05) is 0 Å². The van der Waals surface area contributed by atoms with Gasteiger partial charge in [-0.3, -0.25) is 4.79 Å². The van der Waals surface area contributed by atoms with E-state index in [9.17, 15) is 4.79 Å². The monoisotopic (exact) mass is 609 g/mol. The first-order chi connectivity index (χ1) is 21.1. The summed E-state index contributed by atoms with van der Waals surface area (Å²) >= 11 is 0. The van der Waals surface area contributed by atoms with E-state index in [1.807, 2.05) is 0 Å². The van der Waals surface area contributed by atoms with Crippen LogP contribution in [0.5, 0.6) is 0 Å². The fourth-order valence-electron chi connectivity index (χ4n) is 10.6. The highest BCUT2D eigenvalue weighted by molar-refractivity contribution is 5.69. The second-order valence-corrected chi connectivity index (χ2v) is 17.0. The lowest BCUT2D eigenvalue weighted by Crippen LogP contribution is -2.51. The normalized spacial score (nSPS) is 34.7. The molecule has 3 fully saturated rings. The minimum atomic E-state index is 0.0501. The predicted octanol–water partition coefficient (Wildman–Crippen LogP) is 12.7. The highest BCUT2D eigenvalue weighted by Crippen LogP contribution is 2.67. The third kappa shape index (κ3) is 8.64. The summed E-state index contributed by atoms with van der Waals surface area (Å²) in [6, 6.07) is 0. The first-order valence-electron chi connectivity index (χ1n) is 19.6. The van der Waals surface area contributed by atoms with Gasteiger partial charge in [0, 0.05) is 12.8 Å². The number of hydrogen-bond acceptors (Lipinski definition) is 2. The average Bonchev–Trinajstić information content (AvgIpc) is 3.36. The molecule has 0 aliphatic heterocycles. The van der Waals surface area contributed by atoms with Crippen molar-refractivity contribution in [1.82, 2.24) is 0 Å². The Labute approximate surface area is 274 Å². The number of allylic oxidation sites excluding steroid dienone is 3. The van der Waals surface area contributed by atoms with Crippen LogP contribution in [0, 0.1) is 52.3 Å². The van der Waals surface area contributed by atoms with Gasteiger partial charge in [0.2, 0.25) is 0 Å². The van der Waals surface area contributed by atoms with Gasteiger partial charge in [0.1, 0.15) is 6.10 Å². The van der Waals surface area contributed by atoms with Crippen molar-refractivity contribution in [2.24, 2.45) is 52.3 Å². The number of ether oxygens (including phenoxy) is 1. The Morgan fingerprint density at radius 1 is 0.886 bits per heavy atom. The quantitative estimate of drug-likeness (QED) is 0.0932. The van der Waals surface area contributed by atoms with E-state index in [1.54, 1.807) is 5.57 Å². The van der Waals surface area contributed by atoms with Crippen LogP contribution in [-0.2, 0) is 9.53 Å². The minimum Gasteiger partial charge on any atom is -0.462 e. The molecule has 4 aliphatic carbocycles. The van der Waals surface area contributed by atoms with Gasteiger partial charge in [-0.15, -0.1) is 0 Å². The van der Waals surface area contributed by atoms with Crippen molar-refractivity contribution >= 4 is 5.97 Å². The van der Waals surface area contributed by atoms with Gasteiger partial charge in [0.15, 0.2) is 0 Å². The Kier molecular flexibility index (Phi) is 13.6. The summed E-state index contributed by atoms with van der Waals surface area (Å²) in [5, 5.41) is 0. The van der Waals surface area contributed by atoms with Gasteiger partial charge in [-0.25, -0.2) is 0 Å². The van der Waals surface area contributed by atoms with Gasteiger partial charge >= 0.3 is 5.97 Å². The van der Waals surface area contributed by atoms with Gasteiger partial charge in [-0.1, -0.05) is 117 Å². The zero-order valence-corrected chi connectivity index (χ0v) is 30.3. The molecule has 2 nitrogen and oxygen atoms in total. The Morgan fingerprint density at radius 2 is 1.61 bits per heavy atom. The highest BCUT2D eigenvalue weighted by Gasteiger charge is 2.59. The molecule has 2 heteroatoms. The molecule has 4 aliphatic rings. The summed E-state index contributed by atoms with van der Waals surface area (Å²) in [7, 11) is 0. The van der Waals surface area contributed by atoms with Crippen LogP contribution in [-0.4, -0.2) is 12.1 Å². The maximum Gasteiger partial charge on any atom is 0.306 e. The first kappa shape index (κ1) is 35.8. The van der Waals surface area contributed by atoms with Gasteiger partial charge in [0.05, 0.1) is 0 Å². The lowest BCUT2D eigenvalue weighted by atomic mass is 9.47. The Morgan fingerprint density at radius 3 is 2.36 bits per heavy atom.